The number of hydrogen-bond acceptors (Lipinski definition) is 6. The van der Waals surface area contributed by atoms with Crippen molar-refractivity contribution in [3.63, 3.8) is 0 Å². The Balaban J connectivity index is 1.80. The Labute approximate surface area is 147 Å². The summed E-state index contributed by atoms with van der Waals surface area (Å²) in [4.78, 5) is 12.3. The van der Waals surface area contributed by atoms with Crippen LogP contribution in [-0.2, 0) is 0 Å². The van der Waals surface area contributed by atoms with Gasteiger partial charge < -0.3 is 13.6 Å². The number of aromatic nitrogens is 2. The van der Waals surface area contributed by atoms with Gasteiger partial charge in [-0.1, -0.05) is 5.10 Å². The lowest BCUT2D eigenvalue weighted by Gasteiger charge is -2.06. The third-order valence-electron chi connectivity index (χ3n) is 2.85. The Kier molecular flexibility index (Phi) is 4.49. The number of carbonyl (C=O) groups is 1. The van der Waals surface area contributed by atoms with E-state index >= 15 is 0 Å². The Hall–Kier alpha value is -2.13. The zero-order valence-corrected chi connectivity index (χ0v) is 14.8. The normalized spacial score (nSPS) is 10.6. The molecule has 1 N–H and O–H groups in total. The first kappa shape index (κ1) is 15.8. The molecular weight excluding hydrogens is 434 g/mol. The average molecular weight is 443 g/mol. The van der Waals surface area contributed by atoms with Crippen LogP contribution in [-0.4, -0.2) is 23.2 Å². The monoisotopic (exact) mass is 441 g/mol. The van der Waals surface area contributed by atoms with Gasteiger partial charge in [0.25, 0.3) is 11.8 Å². The minimum absolute atomic E-state index is 0.0350. The lowest BCUT2D eigenvalue weighted by molar-refractivity contribution is 0.102. The highest BCUT2D eigenvalue weighted by Gasteiger charge is 2.17. The van der Waals surface area contributed by atoms with E-state index in [0.29, 0.717) is 26.2 Å². The third-order valence-corrected chi connectivity index (χ3v) is 3.97. The van der Waals surface area contributed by atoms with E-state index in [1.54, 1.807) is 30.3 Å². The first-order chi connectivity index (χ1) is 11.1. The van der Waals surface area contributed by atoms with Gasteiger partial charge in [-0.15, -0.1) is 5.10 Å². The molecule has 0 atom stereocenters. The van der Waals surface area contributed by atoms with Crippen molar-refractivity contribution in [2.75, 3.05) is 12.4 Å². The van der Waals surface area contributed by atoms with Crippen LogP contribution in [0, 0.1) is 0 Å². The van der Waals surface area contributed by atoms with Crippen molar-refractivity contribution in [3.8, 4) is 17.4 Å². The summed E-state index contributed by atoms with van der Waals surface area (Å²) < 4.78 is 16.9. The van der Waals surface area contributed by atoms with E-state index in [1.807, 2.05) is 0 Å². The van der Waals surface area contributed by atoms with Gasteiger partial charge >= 0.3 is 6.01 Å². The first-order valence-corrected chi connectivity index (χ1v) is 7.89. The van der Waals surface area contributed by atoms with E-state index in [2.05, 4.69) is 47.4 Å². The average Bonchev–Trinajstić information content (AvgIpc) is 3.16. The molecule has 0 fully saturated rings. The second-order valence-electron chi connectivity index (χ2n) is 4.32. The van der Waals surface area contributed by atoms with Gasteiger partial charge in [-0.3, -0.25) is 10.1 Å². The van der Waals surface area contributed by atoms with Gasteiger partial charge in [0.1, 0.15) is 5.75 Å². The van der Waals surface area contributed by atoms with Crippen LogP contribution in [0.1, 0.15) is 10.4 Å². The maximum Gasteiger partial charge on any atom is 0.322 e. The summed E-state index contributed by atoms with van der Waals surface area (Å²) in [5, 5.41) is 10.1. The Morgan fingerprint density at radius 1 is 1.17 bits per heavy atom. The number of rotatable bonds is 4. The van der Waals surface area contributed by atoms with Crippen molar-refractivity contribution in [1.82, 2.24) is 10.2 Å². The van der Waals surface area contributed by atoms with E-state index in [0.717, 1.165) is 0 Å². The van der Waals surface area contributed by atoms with Gasteiger partial charge in [-0.05, 0) is 62.2 Å². The van der Waals surface area contributed by atoms with Crippen molar-refractivity contribution in [2.45, 2.75) is 0 Å². The molecule has 1 amide bonds. The molecule has 0 aliphatic heterocycles. The highest BCUT2D eigenvalue weighted by molar-refractivity contribution is 9.10. The molecule has 7 nitrogen and oxygen atoms in total. The minimum atomic E-state index is -0.411. The van der Waals surface area contributed by atoms with Crippen LogP contribution < -0.4 is 10.1 Å². The number of amides is 1. The SMILES string of the molecule is COc1ccc(Br)c(C(=O)Nc2nnc(-c3ccc(Br)o3)o2)c1. The number of benzene rings is 1. The highest BCUT2D eigenvalue weighted by Crippen LogP contribution is 2.26. The Morgan fingerprint density at radius 2 is 2.00 bits per heavy atom. The maximum absolute atomic E-state index is 12.3. The zero-order chi connectivity index (χ0) is 16.4. The van der Waals surface area contributed by atoms with Crippen LogP contribution in [0.4, 0.5) is 6.01 Å². The quantitative estimate of drug-likeness (QED) is 0.653. The first-order valence-electron chi connectivity index (χ1n) is 6.31. The molecule has 23 heavy (non-hydrogen) atoms. The number of carbonyl (C=O) groups excluding carboxylic acids is 1. The topological polar surface area (TPSA) is 90.4 Å². The minimum Gasteiger partial charge on any atom is -0.497 e. The van der Waals surface area contributed by atoms with E-state index in [-0.39, 0.29) is 11.9 Å². The van der Waals surface area contributed by atoms with Crippen LogP contribution in [0.25, 0.3) is 11.7 Å². The summed E-state index contributed by atoms with van der Waals surface area (Å²) in [6.07, 6.45) is 0. The summed E-state index contributed by atoms with van der Waals surface area (Å²) >= 11 is 6.50. The molecule has 0 unspecified atom stereocenters. The smallest absolute Gasteiger partial charge is 0.322 e. The summed E-state index contributed by atoms with van der Waals surface area (Å²) in [5.41, 5.74) is 0.379. The number of ether oxygens (including phenoxy) is 1. The van der Waals surface area contributed by atoms with Crippen molar-refractivity contribution >= 4 is 43.8 Å². The zero-order valence-electron chi connectivity index (χ0n) is 11.7. The molecule has 0 radical (unpaired) electrons. The fourth-order valence-corrected chi connectivity index (χ4v) is 2.51. The molecule has 0 saturated heterocycles. The van der Waals surface area contributed by atoms with Crippen molar-refractivity contribution in [2.24, 2.45) is 0 Å². The second-order valence-corrected chi connectivity index (χ2v) is 5.95. The molecule has 118 valence electrons. The van der Waals surface area contributed by atoms with Crippen molar-refractivity contribution < 1.29 is 18.4 Å². The summed E-state index contributed by atoms with van der Waals surface area (Å²) in [6.45, 7) is 0. The lowest BCUT2D eigenvalue weighted by atomic mass is 10.2. The molecular formula is C14H9Br2N3O4. The molecule has 2 aromatic heterocycles. The van der Waals surface area contributed by atoms with Crippen LogP contribution in [0.2, 0.25) is 0 Å². The summed E-state index contributed by atoms with van der Waals surface area (Å²) in [6, 6.07) is 8.38. The third kappa shape index (κ3) is 3.45. The van der Waals surface area contributed by atoms with Crippen LogP contribution in [0.3, 0.4) is 0 Å². The molecule has 3 rings (SSSR count). The van der Waals surface area contributed by atoms with Gasteiger partial charge in [0.2, 0.25) is 0 Å². The number of anilines is 1. The molecule has 0 spiro atoms. The number of halogens is 2. The molecule has 0 aliphatic carbocycles. The molecule has 0 bridgehead atoms. The van der Waals surface area contributed by atoms with E-state index in [9.17, 15) is 4.79 Å². The van der Waals surface area contributed by atoms with E-state index in [4.69, 9.17) is 13.6 Å². The maximum atomic E-state index is 12.3. The number of methoxy groups -OCH3 is 1. The number of nitrogens with zero attached hydrogens (tertiary/aromatic N) is 2. The van der Waals surface area contributed by atoms with Crippen molar-refractivity contribution in [1.29, 1.82) is 0 Å². The van der Waals surface area contributed by atoms with Gasteiger partial charge in [0.05, 0.1) is 12.7 Å². The highest BCUT2D eigenvalue weighted by atomic mass is 79.9. The number of nitrogens with one attached hydrogen (secondary N) is 1. The van der Waals surface area contributed by atoms with Gasteiger partial charge in [-0.25, -0.2) is 0 Å². The molecule has 2 heterocycles. The van der Waals surface area contributed by atoms with Crippen LogP contribution >= 0.6 is 31.9 Å². The van der Waals surface area contributed by atoms with Gasteiger partial charge in [-0.2, -0.15) is 0 Å². The van der Waals surface area contributed by atoms with Gasteiger partial charge in [0, 0.05) is 4.47 Å². The van der Waals surface area contributed by atoms with Crippen molar-refractivity contribution in [3.05, 3.63) is 45.0 Å². The fraction of sp³-hybridized carbons (Fsp3) is 0.0714. The molecule has 1 aromatic carbocycles. The largest absolute Gasteiger partial charge is 0.497 e. The van der Waals surface area contributed by atoms with E-state index in [1.165, 1.54) is 7.11 Å². The Morgan fingerprint density at radius 3 is 2.70 bits per heavy atom. The van der Waals surface area contributed by atoms with Gasteiger partial charge in [0.15, 0.2) is 10.4 Å². The summed E-state index contributed by atoms with van der Waals surface area (Å²) in [7, 11) is 1.52. The number of furan rings is 1. The van der Waals surface area contributed by atoms with Crippen LogP contribution in [0.15, 0.2) is 48.3 Å². The lowest BCUT2D eigenvalue weighted by Crippen LogP contribution is -2.13. The molecule has 3 aromatic rings. The van der Waals surface area contributed by atoms with Crippen LogP contribution in [0.5, 0.6) is 5.75 Å². The predicted molar refractivity (Wildman–Crippen MR) is 88.3 cm³/mol. The number of hydrogen-bond donors (Lipinski definition) is 1. The standard InChI is InChI=1S/C14H9Br2N3O4/c1-21-7-2-3-9(15)8(6-7)12(20)17-14-19-18-13(23-14)10-4-5-11(16)22-10/h2-6H,1H3,(H,17,19,20). The molecule has 0 saturated carbocycles. The second kappa shape index (κ2) is 6.55. The predicted octanol–water partition coefficient (Wildman–Crippen LogP) is 4.12. The fourth-order valence-electron chi connectivity index (χ4n) is 1.77. The summed E-state index contributed by atoms with van der Waals surface area (Å²) in [5.74, 6) is 0.708. The van der Waals surface area contributed by atoms with E-state index < -0.39 is 5.91 Å². The Bertz CT molecular complexity index is 859. The molecule has 0 aliphatic rings. The molecule has 9 heteroatoms.